The molecule has 0 saturated carbocycles. The maximum atomic E-state index is 5.02. The van der Waals surface area contributed by atoms with Gasteiger partial charge in [0.05, 0.1) is 11.4 Å². The lowest BCUT2D eigenvalue weighted by Gasteiger charge is -2.11. The van der Waals surface area contributed by atoms with Crippen LogP contribution in [0.25, 0.3) is 44.4 Å². The lowest BCUT2D eigenvalue weighted by Crippen LogP contribution is -1.91. The standard InChI is InChI=1S/C27H18BrN/c28-25-14-12-21(13-15-25)26-17-24(19-6-2-1-3-7-19)18-27(29-26)23-11-10-20-8-4-5-9-22(20)16-23/h1-18H. The van der Waals surface area contributed by atoms with Crippen LogP contribution in [0.15, 0.2) is 114 Å². The lowest BCUT2D eigenvalue weighted by molar-refractivity contribution is 1.32. The van der Waals surface area contributed by atoms with Crippen molar-refractivity contribution in [3.63, 3.8) is 0 Å². The highest BCUT2D eigenvalue weighted by molar-refractivity contribution is 9.10. The number of halogens is 1. The molecule has 0 aliphatic heterocycles. The number of hydrogen-bond donors (Lipinski definition) is 0. The number of rotatable bonds is 3. The Balaban J connectivity index is 1.71. The highest BCUT2D eigenvalue weighted by Gasteiger charge is 2.09. The average molecular weight is 436 g/mol. The molecule has 0 fully saturated rings. The molecule has 5 aromatic rings. The minimum atomic E-state index is 0.974. The van der Waals surface area contributed by atoms with Gasteiger partial charge in [0, 0.05) is 15.6 Å². The van der Waals surface area contributed by atoms with E-state index in [0.29, 0.717) is 0 Å². The molecule has 1 nitrogen and oxygen atoms in total. The molecule has 0 aliphatic rings. The van der Waals surface area contributed by atoms with Crippen molar-refractivity contribution >= 4 is 26.7 Å². The topological polar surface area (TPSA) is 12.9 Å². The lowest BCUT2D eigenvalue weighted by atomic mass is 9.99. The zero-order valence-electron chi connectivity index (χ0n) is 15.7. The SMILES string of the molecule is Brc1ccc(-c2cc(-c3ccccc3)cc(-c3ccc4ccccc4c3)n2)cc1. The van der Waals surface area contributed by atoms with E-state index in [9.17, 15) is 0 Å². The molecule has 1 heterocycles. The Morgan fingerprint density at radius 1 is 0.448 bits per heavy atom. The van der Waals surface area contributed by atoms with Crippen LogP contribution in [0.2, 0.25) is 0 Å². The van der Waals surface area contributed by atoms with Crippen molar-refractivity contribution in [1.29, 1.82) is 0 Å². The third kappa shape index (κ3) is 3.72. The summed E-state index contributed by atoms with van der Waals surface area (Å²) >= 11 is 3.52. The van der Waals surface area contributed by atoms with Crippen molar-refractivity contribution in [2.75, 3.05) is 0 Å². The van der Waals surface area contributed by atoms with Crippen LogP contribution in [0, 0.1) is 0 Å². The highest BCUT2D eigenvalue weighted by atomic mass is 79.9. The van der Waals surface area contributed by atoms with Crippen molar-refractivity contribution in [1.82, 2.24) is 4.98 Å². The van der Waals surface area contributed by atoms with E-state index in [2.05, 4.69) is 119 Å². The number of pyridine rings is 1. The highest BCUT2D eigenvalue weighted by Crippen LogP contribution is 2.31. The summed E-state index contributed by atoms with van der Waals surface area (Å²) in [7, 11) is 0. The maximum absolute atomic E-state index is 5.02. The summed E-state index contributed by atoms with van der Waals surface area (Å²) in [5.74, 6) is 0. The van der Waals surface area contributed by atoms with Crippen LogP contribution >= 0.6 is 15.9 Å². The van der Waals surface area contributed by atoms with Crippen LogP contribution in [-0.4, -0.2) is 4.98 Å². The summed E-state index contributed by atoms with van der Waals surface area (Å²) in [6.45, 7) is 0. The molecule has 1 aromatic heterocycles. The van der Waals surface area contributed by atoms with Gasteiger partial charge >= 0.3 is 0 Å². The summed E-state index contributed by atoms with van der Waals surface area (Å²) in [6, 6.07) is 38.1. The largest absolute Gasteiger partial charge is 0.248 e. The second-order valence-electron chi connectivity index (χ2n) is 7.06. The summed E-state index contributed by atoms with van der Waals surface area (Å²) in [5, 5.41) is 2.46. The first-order valence-electron chi connectivity index (χ1n) is 9.59. The van der Waals surface area contributed by atoms with E-state index in [1.54, 1.807) is 0 Å². The summed E-state index contributed by atoms with van der Waals surface area (Å²) in [4.78, 5) is 5.02. The minimum Gasteiger partial charge on any atom is -0.248 e. The quantitative estimate of drug-likeness (QED) is 0.279. The number of benzene rings is 4. The molecule has 29 heavy (non-hydrogen) atoms. The first kappa shape index (κ1) is 17.8. The normalized spacial score (nSPS) is 10.9. The minimum absolute atomic E-state index is 0.974. The van der Waals surface area contributed by atoms with Gasteiger partial charge in [0.1, 0.15) is 0 Å². The van der Waals surface area contributed by atoms with Crippen molar-refractivity contribution < 1.29 is 0 Å². The molecule has 0 aliphatic carbocycles. The number of fused-ring (bicyclic) bond motifs is 1. The summed E-state index contributed by atoms with van der Waals surface area (Å²) in [6.07, 6.45) is 0. The fourth-order valence-electron chi connectivity index (χ4n) is 3.59. The van der Waals surface area contributed by atoms with E-state index in [4.69, 9.17) is 4.98 Å². The Kier molecular flexibility index (Phi) is 4.71. The molecular weight excluding hydrogens is 418 g/mol. The van der Waals surface area contributed by atoms with E-state index >= 15 is 0 Å². The van der Waals surface area contributed by atoms with E-state index in [0.717, 1.165) is 27.0 Å². The molecule has 0 amide bonds. The van der Waals surface area contributed by atoms with Crippen LogP contribution < -0.4 is 0 Å². The van der Waals surface area contributed by atoms with E-state index in [-0.39, 0.29) is 0 Å². The second-order valence-corrected chi connectivity index (χ2v) is 7.98. The third-order valence-electron chi connectivity index (χ3n) is 5.12. The molecule has 4 aromatic carbocycles. The van der Waals surface area contributed by atoms with E-state index < -0.39 is 0 Å². The van der Waals surface area contributed by atoms with Gasteiger partial charge < -0.3 is 0 Å². The Morgan fingerprint density at radius 3 is 1.83 bits per heavy atom. The molecule has 0 spiro atoms. The zero-order chi connectivity index (χ0) is 19.6. The Labute approximate surface area is 178 Å². The average Bonchev–Trinajstić information content (AvgIpc) is 2.79. The smallest absolute Gasteiger partial charge is 0.0715 e. The summed E-state index contributed by atoms with van der Waals surface area (Å²) < 4.78 is 1.07. The number of hydrogen-bond acceptors (Lipinski definition) is 1. The van der Waals surface area contributed by atoms with Gasteiger partial charge in [-0.05, 0) is 52.2 Å². The van der Waals surface area contributed by atoms with Gasteiger partial charge in [0.15, 0.2) is 0 Å². The van der Waals surface area contributed by atoms with Crippen LogP contribution in [0.3, 0.4) is 0 Å². The molecule has 138 valence electrons. The van der Waals surface area contributed by atoms with Crippen LogP contribution in [0.4, 0.5) is 0 Å². The molecule has 0 unspecified atom stereocenters. The van der Waals surface area contributed by atoms with Gasteiger partial charge in [-0.25, -0.2) is 4.98 Å². The monoisotopic (exact) mass is 435 g/mol. The van der Waals surface area contributed by atoms with Crippen LogP contribution in [0.1, 0.15) is 0 Å². The molecule has 0 saturated heterocycles. The van der Waals surface area contributed by atoms with Crippen molar-refractivity contribution in [2.24, 2.45) is 0 Å². The van der Waals surface area contributed by atoms with Gasteiger partial charge in [-0.15, -0.1) is 0 Å². The van der Waals surface area contributed by atoms with Crippen LogP contribution in [-0.2, 0) is 0 Å². The number of aromatic nitrogens is 1. The van der Waals surface area contributed by atoms with E-state index in [1.807, 2.05) is 6.07 Å². The molecule has 5 rings (SSSR count). The first-order chi connectivity index (χ1) is 14.3. The third-order valence-corrected chi connectivity index (χ3v) is 5.65. The molecule has 0 atom stereocenters. The number of nitrogens with zero attached hydrogens (tertiary/aromatic N) is 1. The Bertz CT molecular complexity index is 1290. The Morgan fingerprint density at radius 2 is 1.07 bits per heavy atom. The Hall–Kier alpha value is -3.23. The predicted molar refractivity (Wildman–Crippen MR) is 126 cm³/mol. The van der Waals surface area contributed by atoms with Crippen LogP contribution in [0.5, 0.6) is 0 Å². The van der Waals surface area contributed by atoms with Gasteiger partial charge in [-0.1, -0.05) is 94.8 Å². The second kappa shape index (κ2) is 7.65. The molecule has 0 bridgehead atoms. The summed E-state index contributed by atoms with van der Waals surface area (Å²) in [5.41, 5.74) is 6.54. The molecule has 2 heteroatoms. The predicted octanol–water partition coefficient (Wildman–Crippen LogP) is 8.00. The van der Waals surface area contributed by atoms with Gasteiger partial charge in [0.25, 0.3) is 0 Å². The van der Waals surface area contributed by atoms with Crippen molar-refractivity contribution in [3.05, 3.63) is 114 Å². The van der Waals surface area contributed by atoms with E-state index in [1.165, 1.54) is 21.9 Å². The van der Waals surface area contributed by atoms with Gasteiger partial charge in [-0.3, -0.25) is 0 Å². The fourth-order valence-corrected chi connectivity index (χ4v) is 3.86. The molecule has 0 radical (unpaired) electrons. The van der Waals surface area contributed by atoms with Crippen molar-refractivity contribution in [3.8, 4) is 33.6 Å². The van der Waals surface area contributed by atoms with Gasteiger partial charge in [-0.2, -0.15) is 0 Å². The van der Waals surface area contributed by atoms with Crippen molar-refractivity contribution in [2.45, 2.75) is 0 Å². The molecular formula is C27H18BrN. The first-order valence-corrected chi connectivity index (χ1v) is 10.4. The van der Waals surface area contributed by atoms with Gasteiger partial charge in [0.2, 0.25) is 0 Å². The zero-order valence-corrected chi connectivity index (χ0v) is 17.3. The fraction of sp³-hybridized carbons (Fsp3) is 0. The molecule has 0 N–H and O–H groups in total. The maximum Gasteiger partial charge on any atom is 0.0715 e.